The summed E-state index contributed by atoms with van der Waals surface area (Å²) in [6.07, 6.45) is 0. The van der Waals surface area contributed by atoms with Crippen molar-refractivity contribution in [3.8, 4) is 39.1 Å². The van der Waals surface area contributed by atoms with E-state index in [1.165, 1.54) is 55.2 Å². The minimum atomic E-state index is 1.10. The van der Waals surface area contributed by atoms with E-state index in [2.05, 4.69) is 216 Å². The second-order valence-corrected chi connectivity index (χ2v) is 12.6. The lowest BCUT2D eigenvalue weighted by atomic mass is 9.99. The van der Waals surface area contributed by atoms with Gasteiger partial charge in [-0.15, -0.1) is 0 Å². The van der Waals surface area contributed by atoms with Crippen molar-refractivity contribution < 1.29 is 0 Å². The molecule has 0 amide bonds. The molecule has 0 unspecified atom stereocenters. The molecule has 0 bridgehead atoms. The Morgan fingerprint density at radius 3 is 1.42 bits per heavy atom. The zero-order chi connectivity index (χ0) is 33.3. The van der Waals surface area contributed by atoms with Gasteiger partial charge in [-0.25, -0.2) is 0 Å². The average Bonchev–Trinajstić information content (AvgIpc) is 3.53. The van der Waals surface area contributed by atoms with E-state index in [1.807, 2.05) is 0 Å². The van der Waals surface area contributed by atoms with Crippen LogP contribution in [0.3, 0.4) is 0 Å². The van der Waals surface area contributed by atoms with E-state index < -0.39 is 0 Å². The lowest BCUT2D eigenvalue weighted by Gasteiger charge is -2.26. The molecule has 9 aromatic rings. The van der Waals surface area contributed by atoms with Crippen LogP contribution in [0.15, 0.2) is 206 Å². The molecule has 1 aromatic heterocycles. The quantitative estimate of drug-likeness (QED) is 0.169. The van der Waals surface area contributed by atoms with Gasteiger partial charge in [0.05, 0.1) is 11.0 Å². The van der Waals surface area contributed by atoms with Crippen LogP contribution in [0.2, 0.25) is 0 Å². The molecule has 1 heterocycles. The Morgan fingerprint density at radius 2 is 0.740 bits per heavy atom. The Labute approximate surface area is 292 Å². The molecular weight excluding hydrogens is 605 g/mol. The Hall–Kier alpha value is -6.64. The Balaban J connectivity index is 1.14. The Kier molecular flexibility index (Phi) is 7.53. The van der Waals surface area contributed by atoms with Gasteiger partial charge in [-0.3, -0.25) is 0 Å². The summed E-state index contributed by atoms with van der Waals surface area (Å²) >= 11 is 0. The van der Waals surface area contributed by atoms with Crippen molar-refractivity contribution in [1.29, 1.82) is 0 Å². The van der Waals surface area contributed by atoms with Crippen molar-refractivity contribution in [3.05, 3.63) is 206 Å². The summed E-state index contributed by atoms with van der Waals surface area (Å²) in [7, 11) is 0. The van der Waals surface area contributed by atoms with Gasteiger partial charge in [0.2, 0.25) is 0 Å². The molecule has 9 rings (SSSR count). The minimum Gasteiger partial charge on any atom is -0.310 e. The van der Waals surface area contributed by atoms with E-state index in [4.69, 9.17) is 0 Å². The third kappa shape index (κ3) is 5.43. The molecule has 0 saturated carbocycles. The van der Waals surface area contributed by atoms with Gasteiger partial charge in [0.25, 0.3) is 0 Å². The molecule has 0 aliphatic heterocycles. The van der Waals surface area contributed by atoms with Crippen LogP contribution in [0.5, 0.6) is 0 Å². The maximum absolute atomic E-state index is 2.40. The minimum absolute atomic E-state index is 1.10. The molecule has 0 N–H and O–H groups in total. The van der Waals surface area contributed by atoms with Crippen molar-refractivity contribution >= 4 is 38.9 Å². The summed E-state index contributed by atoms with van der Waals surface area (Å²) in [6, 6.07) is 74.0. The maximum Gasteiger partial charge on any atom is 0.0561 e. The van der Waals surface area contributed by atoms with E-state index in [9.17, 15) is 0 Å². The summed E-state index contributed by atoms with van der Waals surface area (Å²) in [6.45, 7) is 0. The van der Waals surface area contributed by atoms with Crippen LogP contribution in [0.4, 0.5) is 17.1 Å². The highest BCUT2D eigenvalue weighted by molar-refractivity contribution is 6.10. The molecule has 2 nitrogen and oxygen atoms in total. The number of hydrogen-bond donors (Lipinski definition) is 0. The summed E-state index contributed by atoms with van der Waals surface area (Å²) in [5, 5.41) is 2.48. The number of para-hydroxylation sites is 2. The zero-order valence-electron chi connectivity index (χ0n) is 27.5. The lowest BCUT2D eigenvalue weighted by Crippen LogP contribution is -2.10. The molecular formula is C48H34N2. The molecule has 0 radical (unpaired) electrons. The number of benzene rings is 8. The highest BCUT2D eigenvalue weighted by atomic mass is 15.1. The van der Waals surface area contributed by atoms with Gasteiger partial charge in [-0.2, -0.15) is 0 Å². The predicted molar refractivity (Wildman–Crippen MR) is 212 cm³/mol. The third-order valence-electron chi connectivity index (χ3n) is 9.59. The second-order valence-electron chi connectivity index (χ2n) is 12.6. The Bertz CT molecular complexity index is 2550. The van der Waals surface area contributed by atoms with Crippen LogP contribution in [-0.4, -0.2) is 4.57 Å². The van der Waals surface area contributed by atoms with Crippen LogP contribution in [0.1, 0.15) is 0 Å². The largest absolute Gasteiger partial charge is 0.310 e. The maximum atomic E-state index is 2.40. The number of anilines is 3. The first-order valence-corrected chi connectivity index (χ1v) is 17.1. The topological polar surface area (TPSA) is 8.17 Å². The summed E-state index contributed by atoms with van der Waals surface area (Å²) in [5.41, 5.74) is 14.1. The van der Waals surface area contributed by atoms with Gasteiger partial charge in [0, 0.05) is 33.5 Å². The molecule has 0 aliphatic rings. The third-order valence-corrected chi connectivity index (χ3v) is 9.59. The van der Waals surface area contributed by atoms with Crippen molar-refractivity contribution in [2.24, 2.45) is 0 Å². The first kappa shape index (κ1) is 29.5. The van der Waals surface area contributed by atoms with Crippen molar-refractivity contribution in [2.45, 2.75) is 0 Å². The molecule has 2 heteroatoms. The van der Waals surface area contributed by atoms with E-state index in [1.54, 1.807) is 0 Å². The molecule has 0 atom stereocenters. The van der Waals surface area contributed by atoms with Gasteiger partial charge in [0.1, 0.15) is 0 Å². The van der Waals surface area contributed by atoms with Crippen LogP contribution in [0.25, 0.3) is 60.9 Å². The standard InChI is InChI=1S/C48H34N2/c1-4-13-35(14-5-1)37-23-29-43(30-24-37)50-47-22-11-10-21-45(47)46-32-31-44(34-48(46)50)49(41-19-8-3-9-20-41)42-27-25-38(26-28-42)40-18-12-17-39(33-40)36-15-6-2-7-16-36/h1-34H. The monoisotopic (exact) mass is 638 g/mol. The summed E-state index contributed by atoms with van der Waals surface area (Å²) < 4.78 is 2.40. The van der Waals surface area contributed by atoms with Gasteiger partial charge < -0.3 is 9.47 Å². The van der Waals surface area contributed by atoms with Gasteiger partial charge >= 0.3 is 0 Å². The molecule has 236 valence electrons. The molecule has 8 aromatic carbocycles. The van der Waals surface area contributed by atoms with Crippen LogP contribution < -0.4 is 4.90 Å². The fraction of sp³-hybridized carbons (Fsp3) is 0. The van der Waals surface area contributed by atoms with E-state index in [0.717, 1.165) is 22.7 Å². The molecule has 0 saturated heterocycles. The van der Waals surface area contributed by atoms with Crippen LogP contribution in [0, 0.1) is 0 Å². The van der Waals surface area contributed by atoms with Gasteiger partial charge in [-0.05, 0) is 94.0 Å². The molecule has 0 spiro atoms. The van der Waals surface area contributed by atoms with Crippen molar-refractivity contribution in [2.75, 3.05) is 4.90 Å². The van der Waals surface area contributed by atoms with Crippen molar-refractivity contribution in [1.82, 2.24) is 4.57 Å². The fourth-order valence-electron chi connectivity index (χ4n) is 7.15. The smallest absolute Gasteiger partial charge is 0.0561 e. The number of rotatable bonds is 7. The normalized spacial score (nSPS) is 11.2. The highest BCUT2D eigenvalue weighted by Gasteiger charge is 2.17. The SMILES string of the molecule is c1ccc(-c2ccc(-n3c4ccccc4c4ccc(N(c5ccccc5)c5ccc(-c6cccc(-c7ccccc7)c6)cc5)cc43)cc2)cc1. The Morgan fingerprint density at radius 1 is 0.280 bits per heavy atom. The summed E-state index contributed by atoms with van der Waals surface area (Å²) in [5.74, 6) is 0. The van der Waals surface area contributed by atoms with Gasteiger partial charge in [-0.1, -0.05) is 146 Å². The molecule has 0 aliphatic carbocycles. The molecule has 50 heavy (non-hydrogen) atoms. The predicted octanol–water partition coefficient (Wildman–Crippen LogP) is 13.3. The number of fused-ring (bicyclic) bond motifs is 3. The number of hydrogen-bond acceptors (Lipinski definition) is 1. The highest BCUT2D eigenvalue weighted by Crippen LogP contribution is 2.40. The van der Waals surface area contributed by atoms with Crippen LogP contribution >= 0.6 is 0 Å². The zero-order valence-corrected chi connectivity index (χ0v) is 27.5. The fourth-order valence-corrected chi connectivity index (χ4v) is 7.15. The summed E-state index contributed by atoms with van der Waals surface area (Å²) in [4.78, 5) is 2.35. The van der Waals surface area contributed by atoms with E-state index in [0.29, 0.717) is 0 Å². The van der Waals surface area contributed by atoms with Crippen LogP contribution in [-0.2, 0) is 0 Å². The number of aromatic nitrogens is 1. The number of nitrogens with zero attached hydrogens (tertiary/aromatic N) is 2. The first-order valence-electron chi connectivity index (χ1n) is 17.1. The van der Waals surface area contributed by atoms with E-state index in [-0.39, 0.29) is 0 Å². The first-order chi connectivity index (χ1) is 24.8. The van der Waals surface area contributed by atoms with Gasteiger partial charge in [0.15, 0.2) is 0 Å². The van der Waals surface area contributed by atoms with Crippen molar-refractivity contribution in [3.63, 3.8) is 0 Å². The van der Waals surface area contributed by atoms with E-state index >= 15 is 0 Å². The lowest BCUT2D eigenvalue weighted by molar-refractivity contribution is 1.18. The molecule has 0 fully saturated rings. The second kappa shape index (κ2) is 12.8. The average molecular weight is 639 g/mol.